The molecule has 0 amide bonds. The SMILES string of the molecule is CNC(CC1CCCC1)c1cccc2ccccc12. The van der Waals surface area contributed by atoms with Crippen LogP contribution in [-0.2, 0) is 0 Å². The van der Waals surface area contributed by atoms with Gasteiger partial charge in [-0.15, -0.1) is 0 Å². The Morgan fingerprint density at radius 1 is 1.05 bits per heavy atom. The van der Waals surface area contributed by atoms with Gasteiger partial charge in [0, 0.05) is 6.04 Å². The van der Waals surface area contributed by atoms with Crippen molar-refractivity contribution < 1.29 is 0 Å². The van der Waals surface area contributed by atoms with Crippen LogP contribution in [0.1, 0.15) is 43.7 Å². The monoisotopic (exact) mass is 253 g/mol. The lowest BCUT2D eigenvalue weighted by Crippen LogP contribution is -2.19. The Morgan fingerprint density at radius 3 is 2.58 bits per heavy atom. The van der Waals surface area contributed by atoms with Crippen LogP contribution in [-0.4, -0.2) is 7.05 Å². The second-order valence-corrected chi connectivity index (χ2v) is 5.80. The van der Waals surface area contributed by atoms with Crippen LogP contribution in [0.2, 0.25) is 0 Å². The minimum Gasteiger partial charge on any atom is -0.313 e. The van der Waals surface area contributed by atoms with Gasteiger partial charge in [0.25, 0.3) is 0 Å². The molecule has 1 nitrogen and oxygen atoms in total. The van der Waals surface area contributed by atoms with E-state index in [4.69, 9.17) is 0 Å². The van der Waals surface area contributed by atoms with Crippen molar-refractivity contribution in [2.24, 2.45) is 5.92 Å². The van der Waals surface area contributed by atoms with E-state index in [1.165, 1.54) is 48.4 Å². The summed E-state index contributed by atoms with van der Waals surface area (Å²) in [4.78, 5) is 0. The number of hydrogen-bond acceptors (Lipinski definition) is 1. The lowest BCUT2D eigenvalue weighted by molar-refractivity contribution is 0.415. The topological polar surface area (TPSA) is 12.0 Å². The summed E-state index contributed by atoms with van der Waals surface area (Å²) in [7, 11) is 2.10. The maximum atomic E-state index is 3.54. The molecule has 0 aliphatic heterocycles. The molecule has 3 rings (SSSR count). The Labute approximate surface area is 116 Å². The molecule has 0 spiro atoms. The Kier molecular flexibility index (Phi) is 3.84. The predicted molar refractivity (Wildman–Crippen MR) is 82.3 cm³/mol. The van der Waals surface area contributed by atoms with E-state index in [2.05, 4.69) is 54.8 Å². The number of fused-ring (bicyclic) bond motifs is 1. The zero-order chi connectivity index (χ0) is 13.1. The first-order valence-electron chi connectivity index (χ1n) is 7.53. The van der Waals surface area contributed by atoms with Gasteiger partial charge in [-0.25, -0.2) is 0 Å². The quantitative estimate of drug-likeness (QED) is 0.834. The van der Waals surface area contributed by atoms with Gasteiger partial charge in [0.1, 0.15) is 0 Å². The van der Waals surface area contributed by atoms with Crippen molar-refractivity contribution in [3.05, 3.63) is 48.0 Å². The summed E-state index contributed by atoms with van der Waals surface area (Å²) in [5.41, 5.74) is 1.47. The molecule has 0 aromatic heterocycles. The number of rotatable bonds is 4. The van der Waals surface area contributed by atoms with Crippen molar-refractivity contribution in [1.82, 2.24) is 5.32 Å². The van der Waals surface area contributed by atoms with Gasteiger partial charge in [0.15, 0.2) is 0 Å². The molecule has 0 radical (unpaired) electrons. The summed E-state index contributed by atoms with van der Waals surface area (Å²) in [6.07, 6.45) is 6.98. The molecule has 0 bridgehead atoms. The Bertz CT molecular complexity index is 535. The first-order chi connectivity index (χ1) is 9.38. The molecule has 1 aliphatic rings. The molecular weight excluding hydrogens is 230 g/mol. The highest BCUT2D eigenvalue weighted by Crippen LogP contribution is 2.34. The molecule has 1 heteroatoms. The fourth-order valence-corrected chi connectivity index (χ4v) is 3.53. The zero-order valence-corrected chi connectivity index (χ0v) is 11.7. The Balaban J connectivity index is 1.91. The first-order valence-corrected chi connectivity index (χ1v) is 7.53. The van der Waals surface area contributed by atoms with Gasteiger partial charge in [0.05, 0.1) is 0 Å². The van der Waals surface area contributed by atoms with Crippen molar-refractivity contribution in [2.75, 3.05) is 7.05 Å². The van der Waals surface area contributed by atoms with Crippen LogP contribution >= 0.6 is 0 Å². The molecule has 1 saturated carbocycles. The standard InChI is InChI=1S/C18H23N/c1-19-18(13-14-7-2-3-8-14)17-12-6-10-15-9-4-5-11-16(15)17/h4-6,9-12,14,18-19H,2-3,7-8,13H2,1H3. The van der Waals surface area contributed by atoms with Crippen molar-refractivity contribution in [3.8, 4) is 0 Å². The van der Waals surface area contributed by atoms with Crippen LogP contribution in [0.25, 0.3) is 10.8 Å². The summed E-state index contributed by atoms with van der Waals surface area (Å²) in [6, 6.07) is 15.9. The van der Waals surface area contributed by atoms with Crippen LogP contribution in [0.15, 0.2) is 42.5 Å². The minimum atomic E-state index is 0.495. The van der Waals surface area contributed by atoms with E-state index in [0.29, 0.717) is 6.04 Å². The molecule has 2 aromatic rings. The van der Waals surface area contributed by atoms with E-state index >= 15 is 0 Å². The predicted octanol–water partition coefficient (Wildman–Crippen LogP) is 4.68. The molecule has 1 atom stereocenters. The van der Waals surface area contributed by atoms with E-state index in [-0.39, 0.29) is 0 Å². The van der Waals surface area contributed by atoms with Gasteiger partial charge in [-0.2, -0.15) is 0 Å². The molecular formula is C18H23N. The maximum absolute atomic E-state index is 3.54. The summed E-state index contributed by atoms with van der Waals surface area (Å²) in [5.74, 6) is 0.913. The second kappa shape index (κ2) is 5.75. The van der Waals surface area contributed by atoms with E-state index in [0.717, 1.165) is 5.92 Å². The summed E-state index contributed by atoms with van der Waals surface area (Å²) in [5, 5.41) is 6.30. The summed E-state index contributed by atoms with van der Waals surface area (Å²) < 4.78 is 0. The van der Waals surface area contributed by atoms with Crippen LogP contribution in [0, 0.1) is 5.92 Å². The third-order valence-electron chi connectivity index (χ3n) is 4.59. The smallest absolute Gasteiger partial charge is 0.0326 e. The highest BCUT2D eigenvalue weighted by molar-refractivity contribution is 5.86. The van der Waals surface area contributed by atoms with Gasteiger partial charge in [-0.05, 0) is 35.7 Å². The van der Waals surface area contributed by atoms with Crippen LogP contribution < -0.4 is 5.32 Å². The molecule has 1 fully saturated rings. The van der Waals surface area contributed by atoms with Gasteiger partial charge < -0.3 is 5.32 Å². The largest absolute Gasteiger partial charge is 0.313 e. The van der Waals surface area contributed by atoms with E-state index in [1.807, 2.05) is 0 Å². The lowest BCUT2D eigenvalue weighted by atomic mass is 9.91. The third-order valence-corrected chi connectivity index (χ3v) is 4.59. The Morgan fingerprint density at radius 2 is 1.79 bits per heavy atom. The molecule has 100 valence electrons. The van der Waals surface area contributed by atoms with E-state index in [9.17, 15) is 0 Å². The average Bonchev–Trinajstić information content (AvgIpc) is 2.97. The van der Waals surface area contributed by atoms with Crippen LogP contribution in [0.3, 0.4) is 0 Å². The average molecular weight is 253 g/mol. The van der Waals surface area contributed by atoms with Gasteiger partial charge in [-0.3, -0.25) is 0 Å². The summed E-state index contributed by atoms with van der Waals surface area (Å²) >= 11 is 0. The molecule has 0 saturated heterocycles. The van der Waals surface area contributed by atoms with Crippen molar-refractivity contribution in [2.45, 2.75) is 38.1 Å². The minimum absolute atomic E-state index is 0.495. The molecule has 1 N–H and O–H groups in total. The normalized spacial score (nSPS) is 17.9. The second-order valence-electron chi connectivity index (χ2n) is 5.80. The molecule has 0 heterocycles. The molecule has 19 heavy (non-hydrogen) atoms. The molecule has 1 unspecified atom stereocenters. The van der Waals surface area contributed by atoms with E-state index in [1.54, 1.807) is 0 Å². The van der Waals surface area contributed by atoms with Crippen molar-refractivity contribution in [1.29, 1.82) is 0 Å². The third kappa shape index (κ3) is 2.66. The Hall–Kier alpha value is -1.34. The number of hydrogen-bond donors (Lipinski definition) is 1. The highest BCUT2D eigenvalue weighted by atomic mass is 14.9. The fraction of sp³-hybridized carbons (Fsp3) is 0.444. The summed E-state index contributed by atoms with van der Waals surface area (Å²) in [6.45, 7) is 0. The maximum Gasteiger partial charge on any atom is 0.0326 e. The van der Waals surface area contributed by atoms with E-state index < -0.39 is 0 Å². The van der Waals surface area contributed by atoms with Crippen molar-refractivity contribution >= 4 is 10.8 Å². The fourth-order valence-electron chi connectivity index (χ4n) is 3.53. The number of nitrogens with one attached hydrogen (secondary N) is 1. The first kappa shape index (κ1) is 12.7. The lowest BCUT2D eigenvalue weighted by Gasteiger charge is -2.22. The van der Waals surface area contributed by atoms with Gasteiger partial charge in [0.2, 0.25) is 0 Å². The number of benzene rings is 2. The van der Waals surface area contributed by atoms with Crippen molar-refractivity contribution in [3.63, 3.8) is 0 Å². The zero-order valence-electron chi connectivity index (χ0n) is 11.7. The molecule has 2 aromatic carbocycles. The van der Waals surface area contributed by atoms with Crippen LogP contribution in [0.5, 0.6) is 0 Å². The highest BCUT2D eigenvalue weighted by Gasteiger charge is 2.21. The molecule has 1 aliphatic carbocycles. The van der Waals surface area contributed by atoms with Gasteiger partial charge in [-0.1, -0.05) is 68.1 Å². The van der Waals surface area contributed by atoms with Gasteiger partial charge >= 0.3 is 0 Å². The van der Waals surface area contributed by atoms with Crippen LogP contribution in [0.4, 0.5) is 0 Å².